The molecule has 72 valence electrons. The Labute approximate surface area is 77.7 Å². The lowest BCUT2D eigenvalue weighted by atomic mass is 9.53. The summed E-state index contributed by atoms with van der Waals surface area (Å²) < 4.78 is 0. The lowest BCUT2D eigenvalue weighted by Gasteiger charge is -2.52. The Morgan fingerprint density at radius 1 is 1.08 bits per heavy atom. The van der Waals surface area contributed by atoms with Gasteiger partial charge >= 0.3 is 0 Å². The van der Waals surface area contributed by atoms with Crippen LogP contribution in [0, 0.1) is 29.1 Å². The fourth-order valence-electron chi connectivity index (χ4n) is 3.10. The molecule has 0 N–H and O–H groups in total. The standard InChI is InChI=1S/C12H24/c1-8(2)12(5,6)11-9(3)7-10(11)4/h8-11H,7H2,1-6H3. The molecule has 0 saturated heterocycles. The molecule has 0 nitrogen and oxygen atoms in total. The van der Waals surface area contributed by atoms with E-state index in [4.69, 9.17) is 0 Å². The number of hydrogen-bond acceptors (Lipinski definition) is 0. The van der Waals surface area contributed by atoms with Crippen molar-refractivity contribution in [2.75, 3.05) is 0 Å². The molecule has 2 unspecified atom stereocenters. The van der Waals surface area contributed by atoms with Crippen molar-refractivity contribution in [2.24, 2.45) is 29.1 Å². The summed E-state index contributed by atoms with van der Waals surface area (Å²) >= 11 is 0. The van der Waals surface area contributed by atoms with Crippen LogP contribution in [0.4, 0.5) is 0 Å². The van der Waals surface area contributed by atoms with Gasteiger partial charge in [0, 0.05) is 0 Å². The van der Waals surface area contributed by atoms with Crippen molar-refractivity contribution in [3.63, 3.8) is 0 Å². The van der Waals surface area contributed by atoms with E-state index in [0.717, 1.165) is 23.7 Å². The van der Waals surface area contributed by atoms with Gasteiger partial charge in [-0.1, -0.05) is 41.5 Å². The first-order valence-corrected chi connectivity index (χ1v) is 5.37. The summed E-state index contributed by atoms with van der Waals surface area (Å²) in [5.41, 5.74) is 0.539. The molecule has 1 rings (SSSR count). The van der Waals surface area contributed by atoms with Crippen LogP contribution in [0.15, 0.2) is 0 Å². The van der Waals surface area contributed by atoms with Gasteiger partial charge in [0.15, 0.2) is 0 Å². The maximum absolute atomic E-state index is 2.44. The van der Waals surface area contributed by atoms with Crippen LogP contribution in [0.25, 0.3) is 0 Å². The maximum atomic E-state index is 2.44. The van der Waals surface area contributed by atoms with Crippen molar-refractivity contribution in [1.82, 2.24) is 0 Å². The van der Waals surface area contributed by atoms with Gasteiger partial charge < -0.3 is 0 Å². The largest absolute Gasteiger partial charge is 0.0623 e. The normalized spacial score (nSPS) is 36.8. The zero-order chi connectivity index (χ0) is 9.52. The van der Waals surface area contributed by atoms with Crippen LogP contribution in [0.2, 0.25) is 0 Å². The molecule has 0 aromatic rings. The molecule has 0 heteroatoms. The predicted octanol–water partition coefficient (Wildman–Crippen LogP) is 3.96. The van der Waals surface area contributed by atoms with Crippen LogP contribution in [0.5, 0.6) is 0 Å². The molecule has 0 heterocycles. The van der Waals surface area contributed by atoms with Crippen molar-refractivity contribution in [3.05, 3.63) is 0 Å². The quantitative estimate of drug-likeness (QED) is 0.585. The van der Waals surface area contributed by atoms with Crippen molar-refractivity contribution in [3.8, 4) is 0 Å². The minimum atomic E-state index is 0.539. The van der Waals surface area contributed by atoms with E-state index in [-0.39, 0.29) is 0 Å². The molecule has 1 fully saturated rings. The van der Waals surface area contributed by atoms with E-state index < -0.39 is 0 Å². The summed E-state index contributed by atoms with van der Waals surface area (Å²) in [5, 5.41) is 0. The average molecular weight is 168 g/mol. The summed E-state index contributed by atoms with van der Waals surface area (Å²) in [6, 6.07) is 0. The van der Waals surface area contributed by atoms with Crippen molar-refractivity contribution >= 4 is 0 Å². The third kappa shape index (κ3) is 1.41. The molecule has 1 aliphatic rings. The Hall–Kier alpha value is 0. The van der Waals surface area contributed by atoms with Gasteiger partial charge in [-0.25, -0.2) is 0 Å². The van der Waals surface area contributed by atoms with Gasteiger partial charge in [-0.05, 0) is 35.5 Å². The minimum Gasteiger partial charge on any atom is -0.0623 e. The molecule has 1 aliphatic carbocycles. The van der Waals surface area contributed by atoms with E-state index in [1.165, 1.54) is 6.42 Å². The molecular weight excluding hydrogens is 144 g/mol. The molecule has 0 spiro atoms. The van der Waals surface area contributed by atoms with Gasteiger partial charge in [0.25, 0.3) is 0 Å². The minimum absolute atomic E-state index is 0.539. The SMILES string of the molecule is CC1CC(C)C1C(C)(C)C(C)C. The Morgan fingerprint density at radius 2 is 1.50 bits per heavy atom. The van der Waals surface area contributed by atoms with Gasteiger partial charge in [-0.15, -0.1) is 0 Å². The number of rotatable bonds is 2. The van der Waals surface area contributed by atoms with Crippen molar-refractivity contribution < 1.29 is 0 Å². The van der Waals surface area contributed by atoms with Gasteiger partial charge in [0.1, 0.15) is 0 Å². The molecule has 0 amide bonds. The molecule has 0 aromatic carbocycles. The second-order valence-corrected chi connectivity index (χ2v) is 5.69. The Bertz CT molecular complexity index is 147. The zero-order valence-corrected chi connectivity index (χ0v) is 9.52. The fourth-order valence-corrected chi connectivity index (χ4v) is 3.10. The summed E-state index contributed by atoms with van der Waals surface area (Å²) in [7, 11) is 0. The molecule has 0 bridgehead atoms. The maximum Gasteiger partial charge on any atom is -0.0298 e. The van der Waals surface area contributed by atoms with Gasteiger partial charge in [0.2, 0.25) is 0 Å². The Kier molecular flexibility index (Phi) is 2.56. The summed E-state index contributed by atoms with van der Waals surface area (Å²) in [5.74, 6) is 3.68. The van der Waals surface area contributed by atoms with E-state index in [1.807, 2.05) is 0 Å². The molecule has 1 saturated carbocycles. The highest BCUT2D eigenvalue weighted by atomic mass is 14.5. The summed E-state index contributed by atoms with van der Waals surface area (Å²) in [6.45, 7) is 14.4. The van der Waals surface area contributed by atoms with Crippen molar-refractivity contribution in [2.45, 2.75) is 48.0 Å². The van der Waals surface area contributed by atoms with Crippen LogP contribution < -0.4 is 0 Å². The Morgan fingerprint density at radius 3 is 1.67 bits per heavy atom. The first kappa shape index (κ1) is 10.1. The molecule has 0 aromatic heterocycles. The van der Waals surface area contributed by atoms with E-state index >= 15 is 0 Å². The van der Waals surface area contributed by atoms with E-state index in [0.29, 0.717) is 5.41 Å². The fraction of sp³-hybridized carbons (Fsp3) is 1.00. The van der Waals surface area contributed by atoms with Crippen LogP contribution in [0.3, 0.4) is 0 Å². The topological polar surface area (TPSA) is 0 Å². The average Bonchev–Trinajstić information content (AvgIpc) is 1.85. The van der Waals surface area contributed by atoms with Gasteiger partial charge in [-0.3, -0.25) is 0 Å². The van der Waals surface area contributed by atoms with Crippen LogP contribution >= 0.6 is 0 Å². The first-order valence-electron chi connectivity index (χ1n) is 5.37. The van der Waals surface area contributed by atoms with Crippen LogP contribution in [-0.4, -0.2) is 0 Å². The van der Waals surface area contributed by atoms with Crippen LogP contribution in [-0.2, 0) is 0 Å². The second-order valence-electron chi connectivity index (χ2n) is 5.69. The van der Waals surface area contributed by atoms with Gasteiger partial charge in [-0.2, -0.15) is 0 Å². The smallest absolute Gasteiger partial charge is 0.0298 e. The highest BCUT2D eigenvalue weighted by Crippen LogP contribution is 2.53. The van der Waals surface area contributed by atoms with Crippen molar-refractivity contribution in [1.29, 1.82) is 0 Å². The molecule has 0 aliphatic heterocycles. The van der Waals surface area contributed by atoms with Gasteiger partial charge in [0.05, 0.1) is 0 Å². The highest BCUT2D eigenvalue weighted by molar-refractivity contribution is 4.94. The third-order valence-electron chi connectivity index (χ3n) is 4.32. The third-order valence-corrected chi connectivity index (χ3v) is 4.32. The Balaban J connectivity index is 2.67. The lowest BCUT2D eigenvalue weighted by molar-refractivity contribution is -0.0356. The molecular formula is C12H24. The van der Waals surface area contributed by atoms with E-state index in [9.17, 15) is 0 Å². The molecule has 0 radical (unpaired) electrons. The first-order chi connectivity index (χ1) is 5.37. The van der Waals surface area contributed by atoms with E-state index in [2.05, 4.69) is 41.5 Å². The summed E-state index contributed by atoms with van der Waals surface area (Å²) in [6.07, 6.45) is 1.45. The summed E-state index contributed by atoms with van der Waals surface area (Å²) in [4.78, 5) is 0. The molecule has 2 atom stereocenters. The highest BCUT2D eigenvalue weighted by Gasteiger charge is 2.45. The monoisotopic (exact) mass is 168 g/mol. The zero-order valence-electron chi connectivity index (χ0n) is 9.52. The predicted molar refractivity (Wildman–Crippen MR) is 55.1 cm³/mol. The van der Waals surface area contributed by atoms with Crippen LogP contribution in [0.1, 0.15) is 48.0 Å². The lowest BCUT2D eigenvalue weighted by Crippen LogP contribution is -2.45. The van der Waals surface area contributed by atoms with E-state index in [1.54, 1.807) is 0 Å². The number of hydrogen-bond donors (Lipinski definition) is 0. The second kappa shape index (κ2) is 3.05. The molecule has 12 heavy (non-hydrogen) atoms.